The van der Waals surface area contributed by atoms with Gasteiger partial charge in [-0.1, -0.05) is 50.3 Å². The number of fused-ring (bicyclic) bond motifs is 1. The first kappa shape index (κ1) is 25.7. The van der Waals surface area contributed by atoms with Crippen LogP contribution in [0.1, 0.15) is 55.8 Å². The van der Waals surface area contributed by atoms with Gasteiger partial charge in [-0.05, 0) is 67.0 Å². The third-order valence-corrected chi connectivity index (χ3v) is 7.15. The second-order valence-electron chi connectivity index (χ2n) is 10.00. The first-order valence-electron chi connectivity index (χ1n) is 13.7. The Hall–Kier alpha value is -3.93. The van der Waals surface area contributed by atoms with Gasteiger partial charge in [-0.3, -0.25) is 0 Å². The summed E-state index contributed by atoms with van der Waals surface area (Å²) in [6, 6.07) is 19.7. The Morgan fingerprint density at radius 2 is 1.82 bits per heavy atom. The van der Waals surface area contributed by atoms with E-state index in [1.165, 1.54) is 12.0 Å². The monoisotopic (exact) mass is 509 g/mol. The van der Waals surface area contributed by atoms with Gasteiger partial charge in [0.1, 0.15) is 5.82 Å². The zero-order chi connectivity index (χ0) is 26.3. The lowest BCUT2D eigenvalue weighted by Gasteiger charge is -2.29. The average Bonchev–Trinajstić information content (AvgIpc) is 2.95. The molecule has 5 nitrogen and oxygen atoms in total. The number of nitrogens with one attached hydrogen (secondary N) is 2. The maximum Gasteiger partial charge on any atom is 0.222 e. The van der Waals surface area contributed by atoms with Gasteiger partial charge in [0.2, 0.25) is 5.95 Å². The molecule has 0 spiro atoms. The highest BCUT2D eigenvalue weighted by Gasteiger charge is 2.15. The largest absolute Gasteiger partial charge is 0.371 e. The standard InChI is InChI=1S/C32H36FN5/c1-3-4-15-34-32-35-16-14-27(37-32)20-24-12-13-31(30-11-7-6-10-29(24)30)36-23(2)25-19-26(33)22-28(21-25)38-17-8-5-9-18-38/h6-7,10-14,16,19,21-22,36H,2-5,8-9,15,17-18,20H2,1H3,(H,34,35,37). The molecule has 0 saturated carbocycles. The molecule has 0 aliphatic carbocycles. The fourth-order valence-electron chi connectivity index (χ4n) is 5.09. The van der Waals surface area contributed by atoms with Gasteiger partial charge in [-0.25, -0.2) is 14.4 Å². The molecular formula is C32H36FN5. The van der Waals surface area contributed by atoms with E-state index in [-0.39, 0.29) is 5.82 Å². The summed E-state index contributed by atoms with van der Waals surface area (Å²) in [7, 11) is 0. The highest BCUT2D eigenvalue weighted by Crippen LogP contribution is 2.31. The van der Waals surface area contributed by atoms with Crippen LogP contribution in [0, 0.1) is 5.82 Å². The summed E-state index contributed by atoms with van der Waals surface area (Å²) >= 11 is 0. The van der Waals surface area contributed by atoms with Crippen molar-refractivity contribution in [1.82, 2.24) is 9.97 Å². The molecule has 2 heterocycles. The van der Waals surface area contributed by atoms with Gasteiger partial charge < -0.3 is 15.5 Å². The molecule has 5 rings (SSSR count). The van der Waals surface area contributed by atoms with Gasteiger partial charge in [0.05, 0.1) is 5.69 Å². The average molecular weight is 510 g/mol. The maximum absolute atomic E-state index is 14.6. The Bertz CT molecular complexity index is 1410. The molecule has 196 valence electrons. The van der Waals surface area contributed by atoms with E-state index in [0.29, 0.717) is 18.1 Å². The van der Waals surface area contributed by atoms with E-state index in [4.69, 9.17) is 4.98 Å². The minimum Gasteiger partial charge on any atom is -0.371 e. The SMILES string of the molecule is C=C(Nc1ccc(Cc2ccnc(NCCCC)n2)c2ccccc12)c1cc(F)cc(N2CCCCC2)c1. The lowest BCUT2D eigenvalue weighted by molar-refractivity contribution is 0.574. The maximum atomic E-state index is 14.6. The molecule has 1 fully saturated rings. The highest BCUT2D eigenvalue weighted by molar-refractivity contribution is 5.99. The molecule has 1 aliphatic rings. The number of nitrogens with zero attached hydrogens (tertiary/aromatic N) is 3. The summed E-state index contributed by atoms with van der Waals surface area (Å²) < 4.78 is 14.6. The quantitative estimate of drug-likeness (QED) is 0.215. The van der Waals surface area contributed by atoms with Crippen molar-refractivity contribution in [3.63, 3.8) is 0 Å². The van der Waals surface area contributed by atoms with Crippen LogP contribution >= 0.6 is 0 Å². The molecule has 0 bridgehead atoms. The Morgan fingerprint density at radius 3 is 2.63 bits per heavy atom. The van der Waals surface area contributed by atoms with Crippen LogP contribution < -0.4 is 15.5 Å². The summed E-state index contributed by atoms with van der Waals surface area (Å²) in [6.07, 6.45) is 8.28. The number of unbranched alkanes of at least 4 members (excludes halogenated alkanes) is 1. The number of piperidine rings is 1. The van der Waals surface area contributed by atoms with Crippen LogP contribution in [0.3, 0.4) is 0 Å². The first-order chi connectivity index (χ1) is 18.6. The van der Waals surface area contributed by atoms with Gasteiger partial charge in [0.15, 0.2) is 0 Å². The molecule has 1 aliphatic heterocycles. The molecule has 6 heteroatoms. The molecule has 2 N–H and O–H groups in total. The van der Waals surface area contributed by atoms with Gasteiger partial charge in [0, 0.05) is 60.3 Å². The fraction of sp³-hybridized carbons (Fsp3) is 0.312. The van der Waals surface area contributed by atoms with Crippen molar-refractivity contribution < 1.29 is 4.39 Å². The van der Waals surface area contributed by atoms with Crippen LogP contribution in [-0.2, 0) is 6.42 Å². The second kappa shape index (κ2) is 12.1. The smallest absolute Gasteiger partial charge is 0.222 e. The van der Waals surface area contributed by atoms with Crippen LogP contribution in [0.15, 0.2) is 73.4 Å². The Balaban J connectivity index is 1.37. The normalized spacial score (nSPS) is 13.5. The molecule has 1 saturated heterocycles. The Labute approximate surface area is 224 Å². The topological polar surface area (TPSA) is 53.1 Å². The van der Waals surface area contributed by atoms with Crippen molar-refractivity contribution in [2.75, 3.05) is 35.2 Å². The van der Waals surface area contributed by atoms with Gasteiger partial charge in [0.25, 0.3) is 0 Å². The van der Waals surface area contributed by atoms with E-state index < -0.39 is 0 Å². The van der Waals surface area contributed by atoms with E-state index in [2.05, 4.69) is 64.4 Å². The molecule has 0 amide bonds. The van der Waals surface area contributed by atoms with E-state index in [1.54, 1.807) is 12.1 Å². The minimum absolute atomic E-state index is 0.236. The molecule has 4 aromatic rings. The van der Waals surface area contributed by atoms with Crippen molar-refractivity contribution in [3.05, 3.63) is 96.1 Å². The third kappa shape index (κ3) is 6.13. The number of rotatable bonds is 10. The van der Waals surface area contributed by atoms with Crippen molar-refractivity contribution in [2.45, 2.75) is 45.4 Å². The highest BCUT2D eigenvalue weighted by atomic mass is 19.1. The number of halogens is 1. The molecule has 3 aromatic carbocycles. The Kier molecular flexibility index (Phi) is 8.17. The number of hydrogen-bond donors (Lipinski definition) is 2. The predicted molar refractivity (Wildman–Crippen MR) is 157 cm³/mol. The summed E-state index contributed by atoms with van der Waals surface area (Å²) in [6.45, 7) is 9.25. The van der Waals surface area contributed by atoms with Gasteiger partial charge >= 0.3 is 0 Å². The van der Waals surface area contributed by atoms with Crippen LogP contribution in [0.25, 0.3) is 16.5 Å². The number of benzene rings is 3. The van der Waals surface area contributed by atoms with Gasteiger partial charge in [-0.15, -0.1) is 0 Å². The molecule has 0 unspecified atom stereocenters. The molecule has 1 aromatic heterocycles. The Morgan fingerprint density at radius 1 is 1.00 bits per heavy atom. The molecule has 0 radical (unpaired) electrons. The van der Waals surface area contributed by atoms with Crippen molar-refractivity contribution >= 4 is 33.8 Å². The summed E-state index contributed by atoms with van der Waals surface area (Å²) in [4.78, 5) is 11.4. The van der Waals surface area contributed by atoms with Crippen molar-refractivity contribution in [2.24, 2.45) is 0 Å². The van der Waals surface area contributed by atoms with E-state index in [9.17, 15) is 4.39 Å². The predicted octanol–water partition coefficient (Wildman–Crippen LogP) is 7.64. The zero-order valence-corrected chi connectivity index (χ0v) is 22.1. The third-order valence-electron chi connectivity index (χ3n) is 7.15. The minimum atomic E-state index is -0.236. The van der Waals surface area contributed by atoms with Crippen LogP contribution in [0.2, 0.25) is 0 Å². The van der Waals surface area contributed by atoms with E-state index >= 15 is 0 Å². The van der Waals surface area contributed by atoms with Gasteiger partial charge in [-0.2, -0.15) is 0 Å². The molecule has 38 heavy (non-hydrogen) atoms. The zero-order valence-electron chi connectivity index (χ0n) is 22.1. The summed E-state index contributed by atoms with van der Waals surface area (Å²) in [5, 5.41) is 9.03. The summed E-state index contributed by atoms with van der Waals surface area (Å²) in [5.74, 6) is 0.438. The van der Waals surface area contributed by atoms with Crippen molar-refractivity contribution in [3.8, 4) is 0 Å². The molecular weight excluding hydrogens is 473 g/mol. The first-order valence-corrected chi connectivity index (χ1v) is 13.7. The summed E-state index contributed by atoms with van der Waals surface area (Å²) in [5.41, 5.74) is 5.48. The fourth-order valence-corrected chi connectivity index (χ4v) is 5.09. The van der Waals surface area contributed by atoms with E-state index in [0.717, 1.165) is 78.7 Å². The van der Waals surface area contributed by atoms with Crippen LogP contribution in [0.4, 0.5) is 21.7 Å². The lowest BCUT2D eigenvalue weighted by Crippen LogP contribution is -2.29. The molecule has 0 atom stereocenters. The van der Waals surface area contributed by atoms with Crippen LogP contribution in [0.5, 0.6) is 0 Å². The van der Waals surface area contributed by atoms with Crippen molar-refractivity contribution in [1.29, 1.82) is 0 Å². The number of hydrogen-bond acceptors (Lipinski definition) is 5. The van der Waals surface area contributed by atoms with Crippen LogP contribution in [-0.4, -0.2) is 29.6 Å². The number of anilines is 3. The van der Waals surface area contributed by atoms with E-state index in [1.807, 2.05) is 24.4 Å². The number of aromatic nitrogens is 2. The second-order valence-corrected chi connectivity index (χ2v) is 10.00. The lowest BCUT2D eigenvalue weighted by atomic mass is 9.99.